The average molecular weight is 238 g/mol. The molecule has 4 N–H and O–H groups in total. The van der Waals surface area contributed by atoms with Gasteiger partial charge in [0.15, 0.2) is 0 Å². The zero-order chi connectivity index (χ0) is 11.8. The highest BCUT2D eigenvalue weighted by molar-refractivity contribution is 7.16. The number of nitrogen functional groups attached to an aromatic ring is 1. The fraction of sp³-hybridized carbons (Fsp3) is 0.400. The third-order valence-electron chi connectivity index (χ3n) is 2.03. The Morgan fingerprint density at radius 2 is 2.25 bits per heavy atom. The lowest BCUT2D eigenvalue weighted by Crippen LogP contribution is -2.29. The predicted octanol–water partition coefficient (Wildman–Crippen LogP) is 1.46. The van der Waals surface area contributed by atoms with Crippen LogP contribution in [0.4, 0.5) is 11.8 Å². The van der Waals surface area contributed by atoms with Crippen molar-refractivity contribution in [3.05, 3.63) is 11.4 Å². The largest absolute Gasteiger partial charge is 0.389 e. The molecule has 2 heterocycles. The number of nitrogens with one attached hydrogen (secondary N) is 1. The Balaban J connectivity index is 2.32. The van der Waals surface area contributed by atoms with Gasteiger partial charge in [0.2, 0.25) is 5.95 Å². The first-order valence-corrected chi connectivity index (χ1v) is 5.81. The molecule has 0 aliphatic carbocycles. The first-order valence-electron chi connectivity index (χ1n) is 4.93. The summed E-state index contributed by atoms with van der Waals surface area (Å²) < 4.78 is 0. The highest BCUT2D eigenvalue weighted by atomic mass is 32.1. The molecule has 0 unspecified atom stereocenters. The molecule has 2 rings (SSSR count). The highest BCUT2D eigenvalue weighted by Gasteiger charge is 2.14. The molecular formula is C10H14N4OS. The van der Waals surface area contributed by atoms with Crippen molar-refractivity contribution in [3.63, 3.8) is 0 Å². The van der Waals surface area contributed by atoms with Gasteiger partial charge >= 0.3 is 0 Å². The maximum Gasteiger partial charge on any atom is 0.223 e. The molecule has 0 aliphatic heterocycles. The van der Waals surface area contributed by atoms with Crippen LogP contribution in [0.25, 0.3) is 10.2 Å². The highest BCUT2D eigenvalue weighted by Crippen LogP contribution is 2.25. The average Bonchev–Trinajstić information content (AvgIpc) is 2.60. The number of hydrogen-bond acceptors (Lipinski definition) is 6. The van der Waals surface area contributed by atoms with E-state index < -0.39 is 5.60 Å². The first-order chi connectivity index (χ1) is 7.46. The van der Waals surface area contributed by atoms with Gasteiger partial charge in [-0.2, -0.15) is 4.98 Å². The second-order valence-electron chi connectivity index (χ2n) is 4.24. The van der Waals surface area contributed by atoms with Gasteiger partial charge in [0, 0.05) is 6.54 Å². The normalized spacial score (nSPS) is 11.9. The summed E-state index contributed by atoms with van der Waals surface area (Å²) in [6.07, 6.45) is 0. The molecule has 0 radical (unpaired) electrons. The van der Waals surface area contributed by atoms with E-state index in [0.717, 1.165) is 10.2 Å². The zero-order valence-corrected chi connectivity index (χ0v) is 10.0. The van der Waals surface area contributed by atoms with Gasteiger partial charge in [0.05, 0.1) is 11.0 Å². The van der Waals surface area contributed by atoms with E-state index in [2.05, 4.69) is 15.3 Å². The van der Waals surface area contributed by atoms with Crippen molar-refractivity contribution in [1.82, 2.24) is 9.97 Å². The minimum absolute atomic E-state index is 0.244. The van der Waals surface area contributed by atoms with E-state index in [1.165, 1.54) is 11.3 Å². The maximum absolute atomic E-state index is 9.64. The molecule has 0 bridgehead atoms. The summed E-state index contributed by atoms with van der Waals surface area (Å²) in [5.41, 5.74) is 4.82. The van der Waals surface area contributed by atoms with E-state index in [-0.39, 0.29) is 5.95 Å². The molecule has 0 saturated heterocycles. The number of aromatic nitrogens is 2. The zero-order valence-electron chi connectivity index (χ0n) is 9.19. The first kappa shape index (κ1) is 11.1. The van der Waals surface area contributed by atoms with Gasteiger partial charge < -0.3 is 16.2 Å². The molecule has 16 heavy (non-hydrogen) atoms. The van der Waals surface area contributed by atoms with Gasteiger partial charge in [-0.3, -0.25) is 0 Å². The molecule has 0 fully saturated rings. The lowest BCUT2D eigenvalue weighted by atomic mass is 10.1. The number of anilines is 2. The van der Waals surface area contributed by atoms with Crippen molar-refractivity contribution in [2.24, 2.45) is 0 Å². The Morgan fingerprint density at radius 3 is 2.94 bits per heavy atom. The second-order valence-corrected chi connectivity index (χ2v) is 5.13. The summed E-state index contributed by atoms with van der Waals surface area (Å²) in [7, 11) is 0. The van der Waals surface area contributed by atoms with Gasteiger partial charge in [0.25, 0.3) is 0 Å². The lowest BCUT2D eigenvalue weighted by molar-refractivity contribution is 0.0944. The fourth-order valence-electron chi connectivity index (χ4n) is 1.31. The molecule has 0 saturated carbocycles. The standard InChI is InChI=1S/C10H14N4OS/c1-10(2,15)5-12-7-6-3-4-16-8(6)14-9(11)13-7/h3-4,15H,5H2,1-2H3,(H3,11,12,13,14). The Labute approximate surface area is 97.3 Å². The number of thiophene rings is 1. The van der Waals surface area contributed by atoms with Gasteiger partial charge in [-0.25, -0.2) is 4.98 Å². The van der Waals surface area contributed by atoms with E-state index in [4.69, 9.17) is 5.73 Å². The Kier molecular flexibility index (Phi) is 2.69. The summed E-state index contributed by atoms with van der Waals surface area (Å²) in [5.74, 6) is 0.916. The molecule has 0 amide bonds. The number of aliphatic hydroxyl groups is 1. The molecule has 0 aliphatic rings. The van der Waals surface area contributed by atoms with Crippen molar-refractivity contribution >= 4 is 33.3 Å². The molecule has 6 heteroatoms. The van der Waals surface area contributed by atoms with Gasteiger partial charge in [0.1, 0.15) is 10.6 Å². The third kappa shape index (κ3) is 2.40. The molecule has 0 spiro atoms. The van der Waals surface area contributed by atoms with Crippen molar-refractivity contribution in [3.8, 4) is 0 Å². The van der Waals surface area contributed by atoms with Crippen LogP contribution in [0.3, 0.4) is 0 Å². The summed E-state index contributed by atoms with van der Waals surface area (Å²) >= 11 is 1.52. The van der Waals surface area contributed by atoms with Crippen LogP contribution in [-0.4, -0.2) is 27.2 Å². The van der Waals surface area contributed by atoms with E-state index in [1.54, 1.807) is 13.8 Å². The Hall–Kier alpha value is -1.40. The number of nitrogens with zero attached hydrogens (tertiary/aromatic N) is 2. The number of rotatable bonds is 3. The molecule has 5 nitrogen and oxygen atoms in total. The topological polar surface area (TPSA) is 84.1 Å². The Morgan fingerprint density at radius 1 is 1.50 bits per heavy atom. The SMILES string of the molecule is CC(C)(O)CNc1nc(N)nc2sccc12. The lowest BCUT2D eigenvalue weighted by Gasteiger charge is -2.18. The van der Waals surface area contributed by atoms with E-state index in [0.29, 0.717) is 12.4 Å². The minimum atomic E-state index is -0.790. The number of hydrogen-bond donors (Lipinski definition) is 3. The van der Waals surface area contributed by atoms with Gasteiger partial charge in [-0.05, 0) is 25.3 Å². The molecule has 0 aromatic carbocycles. The molecule has 86 valence electrons. The van der Waals surface area contributed by atoms with Crippen LogP contribution in [0.15, 0.2) is 11.4 Å². The van der Waals surface area contributed by atoms with E-state index >= 15 is 0 Å². The summed E-state index contributed by atoms with van der Waals surface area (Å²) in [4.78, 5) is 9.10. The molecule has 2 aromatic rings. The quantitative estimate of drug-likeness (QED) is 0.754. The summed E-state index contributed by atoms with van der Waals surface area (Å²) in [6.45, 7) is 3.87. The van der Waals surface area contributed by atoms with Crippen molar-refractivity contribution in [2.75, 3.05) is 17.6 Å². The fourth-order valence-corrected chi connectivity index (χ4v) is 2.08. The number of fused-ring (bicyclic) bond motifs is 1. The van der Waals surface area contributed by atoms with Crippen LogP contribution in [0, 0.1) is 0 Å². The monoisotopic (exact) mass is 238 g/mol. The van der Waals surface area contributed by atoms with E-state index in [1.807, 2.05) is 11.4 Å². The third-order valence-corrected chi connectivity index (χ3v) is 2.84. The maximum atomic E-state index is 9.64. The van der Waals surface area contributed by atoms with Crippen molar-refractivity contribution in [2.45, 2.75) is 19.4 Å². The van der Waals surface area contributed by atoms with Crippen LogP contribution in [-0.2, 0) is 0 Å². The van der Waals surface area contributed by atoms with Crippen LogP contribution >= 0.6 is 11.3 Å². The van der Waals surface area contributed by atoms with Crippen LogP contribution in [0.1, 0.15) is 13.8 Å². The van der Waals surface area contributed by atoms with Crippen LogP contribution in [0.5, 0.6) is 0 Å². The molecular weight excluding hydrogens is 224 g/mol. The second kappa shape index (κ2) is 3.88. The molecule has 2 aromatic heterocycles. The smallest absolute Gasteiger partial charge is 0.223 e. The van der Waals surface area contributed by atoms with E-state index in [9.17, 15) is 5.11 Å². The van der Waals surface area contributed by atoms with Crippen molar-refractivity contribution in [1.29, 1.82) is 0 Å². The van der Waals surface area contributed by atoms with Crippen molar-refractivity contribution < 1.29 is 5.11 Å². The van der Waals surface area contributed by atoms with Crippen LogP contribution < -0.4 is 11.1 Å². The Bertz CT molecular complexity index is 503. The minimum Gasteiger partial charge on any atom is -0.389 e. The van der Waals surface area contributed by atoms with Gasteiger partial charge in [-0.1, -0.05) is 0 Å². The van der Waals surface area contributed by atoms with Crippen LogP contribution in [0.2, 0.25) is 0 Å². The summed E-state index contributed by atoms with van der Waals surface area (Å²) in [6, 6.07) is 1.94. The summed E-state index contributed by atoms with van der Waals surface area (Å²) in [5, 5.41) is 15.6. The number of nitrogens with two attached hydrogens (primary N) is 1. The predicted molar refractivity (Wildman–Crippen MR) is 66.6 cm³/mol. The van der Waals surface area contributed by atoms with Gasteiger partial charge in [-0.15, -0.1) is 11.3 Å². The molecule has 0 atom stereocenters.